The number of aromatic nitrogens is 2. The molecule has 0 unspecified atom stereocenters. The van der Waals surface area contributed by atoms with E-state index in [4.69, 9.17) is 4.74 Å². The van der Waals surface area contributed by atoms with Gasteiger partial charge in [0, 0.05) is 17.8 Å². The molecule has 1 atom stereocenters. The second kappa shape index (κ2) is 8.20. The van der Waals surface area contributed by atoms with E-state index in [2.05, 4.69) is 20.6 Å². The van der Waals surface area contributed by atoms with Gasteiger partial charge in [0.15, 0.2) is 5.75 Å². The van der Waals surface area contributed by atoms with Crippen LogP contribution in [-0.2, 0) is 0 Å². The number of nitrogens with zero attached hydrogens (tertiary/aromatic N) is 1. The van der Waals surface area contributed by atoms with Crippen molar-refractivity contribution in [1.82, 2.24) is 15.3 Å². The van der Waals surface area contributed by atoms with Crippen LogP contribution in [0.4, 0.5) is 15.5 Å². The third-order valence-corrected chi connectivity index (χ3v) is 4.65. The zero-order chi connectivity index (χ0) is 18.5. The molecule has 7 nitrogen and oxygen atoms in total. The average Bonchev–Trinajstić information content (AvgIpc) is 3.24. The lowest BCUT2D eigenvalue weighted by Crippen LogP contribution is -2.40. The van der Waals surface area contributed by atoms with Gasteiger partial charge in [0.2, 0.25) is 0 Å². The van der Waals surface area contributed by atoms with E-state index < -0.39 is 6.09 Å². The van der Waals surface area contributed by atoms with Crippen molar-refractivity contribution in [2.24, 2.45) is 5.92 Å². The van der Waals surface area contributed by atoms with Crippen LogP contribution in [0.5, 0.6) is 5.75 Å². The van der Waals surface area contributed by atoms with Crippen LogP contribution in [0.15, 0.2) is 36.0 Å². The standard InChI is InChI=1S/C18H22N4O3S/c1-11(2)9-12(10-23)21-18(24)25-15-5-8-26-17(15)22-14-4-7-20-16-13(14)3-6-19-16/h3-8,11-12,23H,9-10H2,1-2H3,(H,21,24)(H2,19,20,22)/t12-/m0/s1. The molecule has 3 rings (SSSR count). The molecule has 0 radical (unpaired) electrons. The van der Waals surface area contributed by atoms with E-state index in [1.165, 1.54) is 11.3 Å². The molecule has 0 aliphatic carbocycles. The van der Waals surface area contributed by atoms with Crippen molar-refractivity contribution < 1.29 is 14.6 Å². The fraction of sp³-hybridized carbons (Fsp3) is 0.333. The van der Waals surface area contributed by atoms with E-state index in [0.29, 0.717) is 18.1 Å². The van der Waals surface area contributed by atoms with Crippen LogP contribution in [0.1, 0.15) is 20.3 Å². The molecule has 4 N–H and O–H groups in total. The number of hydrogen-bond donors (Lipinski definition) is 4. The van der Waals surface area contributed by atoms with Crippen molar-refractivity contribution in [3.63, 3.8) is 0 Å². The summed E-state index contributed by atoms with van der Waals surface area (Å²) in [5.74, 6) is 0.801. The largest absolute Gasteiger partial charge is 0.413 e. The number of anilines is 2. The molecule has 8 heteroatoms. The number of hydrogen-bond acceptors (Lipinski definition) is 6. The maximum atomic E-state index is 12.2. The highest BCUT2D eigenvalue weighted by atomic mass is 32.1. The Balaban J connectivity index is 1.69. The van der Waals surface area contributed by atoms with E-state index in [9.17, 15) is 9.90 Å². The molecule has 0 fully saturated rings. The number of aliphatic hydroxyl groups is 1. The number of fused-ring (bicyclic) bond motifs is 1. The molecule has 0 saturated carbocycles. The van der Waals surface area contributed by atoms with Crippen LogP contribution in [-0.4, -0.2) is 33.8 Å². The van der Waals surface area contributed by atoms with E-state index in [0.717, 1.165) is 21.7 Å². The van der Waals surface area contributed by atoms with Gasteiger partial charge in [0.05, 0.1) is 18.3 Å². The Morgan fingerprint density at radius 2 is 2.23 bits per heavy atom. The molecular formula is C18H22N4O3S. The highest BCUT2D eigenvalue weighted by molar-refractivity contribution is 7.14. The number of thiophene rings is 1. The molecule has 26 heavy (non-hydrogen) atoms. The van der Waals surface area contributed by atoms with Crippen LogP contribution < -0.4 is 15.4 Å². The third-order valence-electron chi connectivity index (χ3n) is 3.84. The summed E-state index contributed by atoms with van der Waals surface area (Å²) >= 11 is 1.44. The number of amides is 1. The van der Waals surface area contributed by atoms with E-state index in [1.54, 1.807) is 12.3 Å². The summed E-state index contributed by atoms with van der Waals surface area (Å²) in [5, 5.41) is 18.9. The van der Waals surface area contributed by atoms with Crippen molar-refractivity contribution in [3.8, 4) is 5.75 Å². The quantitative estimate of drug-likeness (QED) is 0.503. The van der Waals surface area contributed by atoms with Crippen molar-refractivity contribution in [2.45, 2.75) is 26.3 Å². The van der Waals surface area contributed by atoms with E-state index in [1.807, 2.05) is 37.6 Å². The first kappa shape index (κ1) is 18.2. The number of pyridine rings is 1. The summed E-state index contributed by atoms with van der Waals surface area (Å²) in [4.78, 5) is 19.5. The predicted molar refractivity (Wildman–Crippen MR) is 103 cm³/mol. The summed E-state index contributed by atoms with van der Waals surface area (Å²) in [6.45, 7) is 3.95. The summed E-state index contributed by atoms with van der Waals surface area (Å²) in [7, 11) is 0. The minimum absolute atomic E-state index is 0.121. The Bertz CT molecular complexity index is 874. The summed E-state index contributed by atoms with van der Waals surface area (Å²) in [6, 6.07) is 5.21. The average molecular weight is 374 g/mol. The first-order chi connectivity index (χ1) is 12.6. The minimum Gasteiger partial charge on any atom is -0.407 e. The first-order valence-corrected chi connectivity index (χ1v) is 9.30. The Morgan fingerprint density at radius 3 is 3.00 bits per heavy atom. The van der Waals surface area contributed by atoms with E-state index >= 15 is 0 Å². The van der Waals surface area contributed by atoms with Gasteiger partial charge in [-0.3, -0.25) is 0 Å². The van der Waals surface area contributed by atoms with Crippen molar-refractivity contribution in [3.05, 3.63) is 36.0 Å². The lowest BCUT2D eigenvalue weighted by molar-refractivity contribution is 0.177. The molecule has 0 aliphatic heterocycles. The Kier molecular flexibility index (Phi) is 5.75. The third kappa shape index (κ3) is 4.33. The smallest absolute Gasteiger partial charge is 0.407 e. The van der Waals surface area contributed by atoms with Crippen LogP contribution >= 0.6 is 11.3 Å². The highest BCUT2D eigenvalue weighted by Crippen LogP contribution is 2.35. The number of ether oxygens (including phenoxy) is 1. The van der Waals surface area contributed by atoms with Gasteiger partial charge in [-0.2, -0.15) is 0 Å². The van der Waals surface area contributed by atoms with Crippen molar-refractivity contribution in [2.75, 3.05) is 11.9 Å². The fourth-order valence-corrected chi connectivity index (χ4v) is 3.43. The molecular weight excluding hydrogens is 352 g/mol. The lowest BCUT2D eigenvalue weighted by atomic mass is 10.0. The molecule has 3 aromatic rings. The Hall–Kier alpha value is -2.58. The minimum atomic E-state index is -0.576. The number of H-pyrrole nitrogens is 1. The predicted octanol–water partition coefficient (Wildman–Crippen LogP) is 3.86. The monoisotopic (exact) mass is 374 g/mol. The van der Waals surface area contributed by atoms with Crippen molar-refractivity contribution >= 4 is 39.2 Å². The number of aliphatic hydroxyl groups excluding tert-OH is 1. The van der Waals surface area contributed by atoms with Crippen LogP contribution in [0, 0.1) is 5.92 Å². The normalized spacial score (nSPS) is 12.3. The zero-order valence-electron chi connectivity index (χ0n) is 14.7. The van der Waals surface area contributed by atoms with Crippen LogP contribution in [0.3, 0.4) is 0 Å². The second-order valence-electron chi connectivity index (χ2n) is 6.38. The molecule has 0 spiro atoms. The molecule has 0 aromatic carbocycles. The second-order valence-corrected chi connectivity index (χ2v) is 7.30. The SMILES string of the molecule is CC(C)C[C@@H](CO)NC(=O)Oc1ccsc1Nc1ccnc2[nH]ccc12. The summed E-state index contributed by atoms with van der Waals surface area (Å²) in [6.07, 6.45) is 3.64. The van der Waals surface area contributed by atoms with Crippen LogP contribution in [0.25, 0.3) is 11.0 Å². The van der Waals surface area contributed by atoms with Gasteiger partial charge in [-0.1, -0.05) is 13.8 Å². The fourth-order valence-electron chi connectivity index (χ4n) is 2.71. The van der Waals surface area contributed by atoms with Gasteiger partial charge in [0.1, 0.15) is 10.6 Å². The Labute approximate surface area is 155 Å². The van der Waals surface area contributed by atoms with Gasteiger partial charge in [-0.15, -0.1) is 11.3 Å². The van der Waals surface area contributed by atoms with Crippen molar-refractivity contribution in [1.29, 1.82) is 0 Å². The summed E-state index contributed by atoms with van der Waals surface area (Å²) < 4.78 is 5.43. The maximum absolute atomic E-state index is 12.2. The van der Waals surface area contributed by atoms with E-state index in [-0.39, 0.29) is 12.6 Å². The number of aromatic amines is 1. The van der Waals surface area contributed by atoms with Gasteiger partial charge < -0.3 is 25.5 Å². The summed E-state index contributed by atoms with van der Waals surface area (Å²) in [5.41, 5.74) is 1.66. The highest BCUT2D eigenvalue weighted by Gasteiger charge is 2.17. The maximum Gasteiger partial charge on any atom is 0.413 e. The van der Waals surface area contributed by atoms with Crippen LogP contribution in [0.2, 0.25) is 0 Å². The molecule has 0 saturated heterocycles. The molecule has 0 aliphatic rings. The zero-order valence-corrected chi connectivity index (χ0v) is 15.5. The molecule has 0 bridgehead atoms. The molecule has 138 valence electrons. The first-order valence-electron chi connectivity index (χ1n) is 8.42. The molecule has 3 aromatic heterocycles. The van der Waals surface area contributed by atoms with Gasteiger partial charge >= 0.3 is 6.09 Å². The topological polar surface area (TPSA) is 99.3 Å². The number of nitrogens with one attached hydrogen (secondary N) is 3. The molecule has 1 amide bonds. The number of carbonyl (C=O) groups is 1. The lowest BCUT2D eigenvalue weighted by Gasteiger charge is -2.18. The Morgan fingerprint density at radius 1 is 1.38 bits per heavy atom. The van der Waals surface area contributed by atoms with Gasteiger partial charge in [-0.05, 0) is 35.9 Å². The van der Waals surface area contributed by atoms with Gasteiger partial charge in [-0.25, -0.2) is 9.78 Å². The number of rotatable bonds is 7. The van der Waals surface area contributed by atoms with Gasteiger partial charge in [0.25, 0.3) is 0 Å². The number of carbonyl (C=O) groups excluding carboxylic acids is 1. The molecule has 3 heterocycles.